The molecule has 0 radical (unpaired) electrons. The molecule has 1 saturated heterocycles. The van der Waals surface area contributed by atoms with Crippen molar-refractivity contribution in [3.8, 4) is 17.0 Å². The molecule has 0 saturated carbocycles. The van der Waals surface area contributed by atoms with Crippen molar-refractivity contribution in [2.75, 3.05) is 32.9 Å². The summed E-state index contributed by atoms with van der Waals surface area (Å²) < 4.78 is 12.8. The summed E-state index contributed by atoms with van der Waals surface area (Å²) in [6.07, 6.45) is 2.64. The van der Waals surface area contributed by atoms with Crippen LogP contribution in [0.15, 0.2) is 60.8 Å². The third kappa shape index (κ3) is 4.84. The fraction of sp³-hybridized carbons (Fsp3) is 0.304. The number of aromatic nitrogens is 2. The summed E-state index contributed by atoms with van der Waals surface area (Å²) in [6.45, 7) is 2.54. The number of rotatable bonds is 6. The maximum absolute atomic E-state index is 12.2. The van der Waals surface area contributed by atoms with E-state index < -0.39 is 0 Å². The van der Waals surface area contributed by atoms with Gasteiger partial charge in [-0.1, -0.05) is 30.3 Å². The first-order valence-corrected chi connectivity index (χ1v) is 9.83. The zero-order valence-electron chi connectivity index (χ0n) is 16.6. The van der Waals surface area contributed by atoms with Gasteiger partial charge in [0.05, 0.1) is 18.9 Å². The van der Waals surface area contributed by atoms with E-state index in [4.69, 9.17) is 9.47 Å². The fourth-order valence-corrected chi connectivity index (χ4v) is 3.49. The third-order valence-corrected chi connectivity index (χ3v) is 5.10. The highest BCUT2D eigenvalue weighted by atomic mass is 16.5. The van der Waals surface area contributed by atoms with E-state index in [0.29, 0.717) is 32.1 Å². The Morgan fingerprint density at radius 2 is 1.86 bits per heavy atom. The predicted octanol–water partition coefficient (Wildman–Crippen LogP) is 2.92. The number of carbonyl (C=O) groups is 1. The van der Waals surface area contributed by atoms with E-state index in [9.17, 15) is 4.79 Å². The van der Waals surface area contributed by atoms with Crippen LogP contribution in [0.5, 0.6) is 5.75 Å². The van der Waals surface area contributed by atoms with E-state index in [0.717, 1.165) is 17.7 Å². The van der Waals surface area contributed by atoms with E-state index in [1.54, 1.807) is 4.90 Å². The maximum atomic E-state index is 12.2. The second-order valence-electron chi connectivity index (χ2n) is 7.14. The van der Waals surface area contributed by atoms with Gasteiger partial charge in [-0.25, -0.2) is 0 Å². The zero-order valence-corrected chi connectivity index (χ0v) is 16.6. The Labute approximate surface area is 170 Å². The number of hydrogen-bond donors (Lipinski definition) is 0. The summed E-state index contributed by atoms with van der Waals surface area (Å²) in [6, 6.07) is 18.5. The van der Waals surface area contributed by atoms with Crippen molar-refractivity contribution in [2.45, 2.75) is 6.42 Å². The largest absolute Gasteiger partial charge is 0.484 e. The van der Waals surface area contributed by atoms with Crippen molar-refractivity contribution in [2.24, 2.45) is 7.05 Å². The van der Waals surface area contributed by atoms with Crippen LogP contribution in [-0.4, -0.2) is 53.5 Å². The SMILES string of the molecule is Cn1nccc1-c1cccc(Cc2ccc(OCC(=O)N3CCOCC3)cc2)c1. The average Bonchev–Trinajstić information content (AvgIpc) is 3.20. The molecule has 2 aromatic carbocycles. The highest BCUT2D eigenvalue weighted by Gasteiger charge is 2.17. The van der Waals surface area contributed by atoms with Gasteiger partial charge in [-0.2, -0.15) is 5.10 Å². The minimum atomic E-state index is 0.00403. The van der Waals surface area contributed by atoms with Crippen molar-refractivity contribution in [3.63, 3.8) is 0 Å². The van der Waals surface area contributed by atoms with Gasteiger partial charge in [0.2, 0.25) is 0 Å². The number of benzene rings is 2. The van der Waals surface area contributed by atoms with Crippen LogP contribution in [0.3, 0.4) is 0 Å². The maximum Gasteiger partial charge on any atom is 0.260 e. The summed E-state index contributed by atoms with van der Waals surface area (Å²) in [7, 11) is 1.95. The molecule has 1 aliphatic rings. The van der Waals surface area contributed by atoms with Crippen LogP contribution in [0.4, 0.5) is 0 Å². The second-order valence-corrected chi connectivity index (χ2v) is 7.14. The van der Waals surface area contributed by atoms with Crippen molar-refractivity contribution >= 4 is 5.91 Å². The monoisotopic (exact) mass is 391 g/mol. The standard InChI is InChI=1S/C23H25N3O3/c1-25-22(9-10-24-25)20-4-2-3-19(16-20)15-18-5-7-21(8-6-18)29-17-23(27)26-11-13-28-14-12-26/h2-10,16H,11-15,17H2,1H3. The van der Waals surface area contributed by atoms with E-state index in [2.05, 4.69) is 29.4 Å². The summed E-state index contributed by atoms with van der Waals surface area (Å²) in [5.41, 5.74) is 4.68. The van der Waals surface area contributed by atoms with Crippen LogP contribution in [0.25, 0.3) is 11.3 Å². The van der Waals surface area contributed by atoms with Crippen LogP contribution in [0.1, 0.15) is 11.1 Å². The lowest BCUT2D eigenvalue weighted by molar-refractivity contribution is -0.137. The van der Waals surface area contributed by atoms with Crippen molar-refractivity contribution in [1.82, 2.24) is 14.7 Å². The van der Waals surface area contributed by atoms with Crippen molar-refractivity contribution in [1.29, 1.82) is 0 Å². The Morgan fingerprint density at radius 1 is 1.07 bits per heavy atom. The fourth-order valence-electron chi connectivity index (χ4n) is 3.49. The first-order valence-electron chi connectivity index (χ1n) is 9.83. The van der Waals surface area contributed by atoms with Gasteiger partial charge in [-0.15, -0.1) is 0 Å². The smallest absolute Gasteiger partial charge is 0.260 e. The zero-order chi connectivity index (χ0) is 20.1. The lowest BCUT2D eigenvalue weighted by atomic mass is 10.0. The van der Waals surface area contributed by atoms with Gasteiger partial charge in [-0.05, 0) is 41.8 Å². The highest BCUT2D eigenvalue weighted by Crippen LogP contribution is 2.22. The van der Waals surface area contributed by atoms with Crippen molar-refractivity contribution < 1.29 is 14.3 Å². The molecule has 1 fully saturated rings. The molecule has 3 aromatic rings. The Balaban J connectivity index is 1.35. The molecular formula is C23H25N3O3. The summed E-state index contributed by atoms with van der Waals surface area (Å²) in [5, 5.41) is 4.25. The van der Waals surface area contributed by atoms with E-state index >= 15 is 0 Å². The van der Waals surface area contributed by atoms with Crippen molar-refractivity contribution in [3.05, 3.63) is 71.9 Å². The number of ether oxygens (including phenoxy) is 2. The molecule has 1 aromatic heterocycles. The summed E-state index contributed by atoms with van der Waals surface area (Å²) in [4.78, 5) is 14.0. The molecule has 0 atom stereocenters. The quantitative estimate of drug-likeness (QED) is 0.648. The Morgan fingerprint density at radius 3 is 2.59 bits per heavy atom. The van der Waals surface area contributed by atoms with Gasteiger partial charge >= 0.3 is 0 Å². The highest BCUT2D eigenvalue weighted by molar-refractivity contribution is 5.77. The number of aryl methyl sites for hydroxylation is 1. The molecular weight excluding hydrogens is 366 g/mol. The van der Waals surface area contributed by atoms with Gasteiger partial charge in [0, 0.05) is 31.9 Å². The van der Waals surface area contributed by atoms with Crippen LogP contribution in [-0.2, 0) is 23.0 Å². The minimum absolute atomic E-state index is 0.00403. The normalized spacial score (nSPS) is 14.0. The van der Waals surface area contributed by atoms with Gasteiger partial charge in [0.15, 0.2) is 6.61 Å². The van der Waals surface area contributed by atoms with E-state index in [1.165, 1.54) is 11.1 Å². The number of carbonyl (C=O) groups excluding carboxylic acids is 1. The van der Waals surface area contributed by atoms with Crippen LogP contribution in [0, 0.1) is 0 Å². The summed E-state index contributed by atoms with van der Waals surface area (Å²) >= 11 is 0. The first-order chi connectivity index (χ1) is 14.2. The Kier molecular flexibility index (Phi) is 5.91. The van der Waals surface area contributed by atoms with Crippen LogP contribution < -0.4 is 4.74 Å². The number of amides is 1. The van der Waals surface area contributed by atoms with Gasteiger partial charge < -0.3 is 14.4 Å². The van der Waals surface area contributed by atoms with Crippen LogP contribution >= 0.6 is 0 Å². The topological polar surface area (TPSA) is 56.6 Å². The number of morpholine rings is 1. The molecule has 0 bridgehead atoms. The predicted molar refractivity (Wildman–Crippen MR) is 111 cm³/mol. The minimum Gasteiger partial charge on any atom is -0.484 e. The molecule has 150 valence electrons. The number of hydrogen-bond acceptors (Lipinski definition) is 4. The first kappa shape index (κ1) is 19.2. The molecule has 29 heavy (non-hydrogen) atoms. The Bertz CT molecular complexity index is 960. The molecule has 6 heteroatoms. The lowest BCUT2D eigenvalue weighted by Crippen LogP contribution is -2.42. The van der Waals surface area contributed by atoms with E-state index in [-0.39, 0.29) is 12.5 Å². The molecule has 6 nitrogen and oxygen atoms in total. The molecule has 2 heterocycles. The van der Waals surface area contributed by atoms with Crippen LogP contribution in [0.2, 0.25) is 0 Å². The lowest BCUT2D eigenvalue weighted by Gasteiger charge is -2.26. The molecule has 1 amide bonds. The van der Waals surface area contributed by atoms with Gasteiger partial charge in [0.1, 0.15) is 5.75 Å². The van der Waals surface area contributed by atoms with E-state index in [1.807, 2.05) is 48.3 Å². The van der Waals surface area contributed by atoms with Gasteiger partial charge in [0.25, 0.3) is 5.91 Å². The second kappa shape index (κ2) is 8.92. The molecule has 0 spiro atoms. The number of nitrogens with zero attached hydrogens (tertiary/aromatic N) is 3. The third-order valence-electron chi connectivity index (χ3n) is 5.10. The molecule has 1 aliphatic heterocycles. The molecule has 0 unspecified atom stereocenters. The molecule has 0 N–H and O–H groups in total. The average molecular weight is 391 g/mol. The molecule has 0 aliphatic carbocycles. The summed E-state index contributed by atoms with van der Waals surface area (Å²) in [5.74, 6) is 0.711. The molecule has 4 rings (SSSR count). The Hall–Kier alpha value is -3.12. The van der Waals surface area contributed by atoms with Gasteiger partial charge in [-0.3, -0.25) is 9.48 Å².